The van der Waals surface area contributed by atoms with Gasteiger partial charge in [-0.3, -0.25) is 19.3 Å². The summed E-state index contributed by atoms with van der Waals surface area (Å²) < 4.78 is 5.27. The van der Waals surface area contributed by atoms with Crippen LogP contribution in [0.15, 0.2) is 29.2 Å². The average molecular weight is 375 g/mol. The predicted octanol–water partition coefficient (Wildman–Crippen LogP) is 1.51. The number of rotatable bonds is 4. The zero-order valence-electron chi connectivity index (χ0n) is 14.8. The number of benzene rings is 1. The Morgan fingerprint density at radius 3 is 2.58 bits per heavy atom. The van der Waals surface area contributed by atoms with Gasteiger partial charge in [0.1, 0.15) is 12.3 Å². The van der Waals surface area contributed by atoms with E-state index in [4.69, 9.17) is 4.74 Å². The number of amides is 3. The number of nitrogens with zero attached hydrogens (tertiary/aromatic N) is 3. The molecule has 0 saturated carbocycles. The second-order valence-electron chi connectivity index (χ2n) is 6.19. The van der Waals surface area contributed by atoms with Gasteiger partial charge in [-0.1, -0.05) is 18.2 Å². The van der Waals surface area contributed by atoms with E-state index < -0.39 is 11.1 Å². The normalized spacial score (nSPS) is 20.2. The molecule has 0 N–H and O–H groups in total. The van der Waals surface area contributed by atoms with Gasteiger partial charge in [-0.15, -0.1) is 0 Å². The van der Waals surface area contributed by atoms with Crippen LogP contribution in [0.1, 0.15) is 5.56 Å². The Kier molecular flexibility index (Phi) is 5.63. The summed E-state index contributed by atoms with van der Waals surface area (Å²) in [4.78, 5) is 42.4. The van der Waals surface area contributed by atoms with Crippen LogP contribution in [0.25, 0.3) is 6.08 Å². The van der Waals surface area contributed by atoms with Crippen molar-refractivity contribution in [3.63, 3.8) is 0 Å². The van der Waals surface area contributed by atoms with Crippen molar-refractivity contribution in [1.29, 1.82) is 0 Å². The highest BCUT2D eigenvalue weighted by molar-refractivity contribution is 8.18. The minimum absolute atomic E-state index is 0.195. The van der Waals surface area contributed by atoms with E-state index in [0.717, 1.165) is 29.8 Å². The molecule has 3 amide bonds. The molecule has 0 radical (unpaired) electrons. The van der Waals surface area contributed by atoms with Gasteiger partial charge in [0.25, 0.3) is 11.1 Å². The molecular formula is C18H21N3O4S. The molecule has 2 aliphatic heterocycles. The average Bonchev–Trinajstić information content (AvgIpc) is 2.90. The summed E-state index contributed by atoms with van der Waals surface area (Å²) in [5, 5.41) is -0.418. The molecule has 2 fully saturated rings. The van der Waals surface area contributed by atoms with Gasteiger partial charge < -0.3 is 14.5 Å². The van der Waals surface area contributed by atoms with Gasteiger partial charge in [0.15, 0.2) is 0 Å². The number of carbonyl (C=O) groups excluding carboxylic acids is 3. The van der Waals surface area contributed by atoms with E-state index in [0.29, 0.717) is 29.3 Å². The minimum Gasteiger partial charge on any atom is -0.496 e. The maximum absolute atomic E-state index is 12.6. The van der Waals surface area contributed by atoms with Crippen LogP contribution in [0.2, 0.25) is 0 Å². The van der Waals surface area contributed by atoms with E-state index >= 15 is 0 Å². The van der Waals surface area contributed by atoms with Crippen LogP contribution in [0.3, 0.4) is 0 Å². The fourth-order valence-corrected chi connectivity index (χ4v) is 3.68. The minimum atomic E-state index is -0.437. The van der Waals surface area contributed by atoms with Gasteiger partial charge in [0.2, 0.25) is 5.91 Å². The van der Waals surface area contributed by atoms with E-state index in [1.807, 2.05) is 25.2 Å². The van der Waals surface area contributed by atoms with Crippen molar-refractivity contribution >= 4 is 34.9 Å². The van der Waals surface area contributed by atoms with Crippen molar-refractivity contribution in [2.24, 2.45) is 0 Å². The number of thioether (sulfide) groups is 1. The first kappa shape index (κ1) is 18.5. The lowest BCUT2D eigenvalue weighted by Crippen LogP contribution is -2.50. The Labute approximate surface area is 156 Å². The molecule has 8 heteroatoms. The maximum atomic E-state index is 12.6. The van der Waals surface area contributed by atoms with Gasteiger partial charge in [-0.25, -0.2) is 0 Å². The van der Waals surface area contributed by atoms with Crippen molar-refractivity contribution < 1.29 is 19.1 Å². The van der Waals surface area contributed by atoms with E-state index in [1.165, 1.54) is 0 Å². The first-order valence-electron chi connectivity index (χ1n) is 8.34. The molecule has 2 heterocycles. The SMILES string of the molecule is COc1ccccc1/C=C1/SC(=O)N(CC(=O)N2CCN(C)CC2)C1=O. The molecule has 0 aliphatic carbocycles. The van der Waals surface area contributed by atoms with Gasteiger partial charge >= 0.3 is 0 Å². The highest BCUT2D eigenvalue weighted by Crippen LogP contribution is 2.33. The number of imide groups is 1. The second-order valence-corrected chi connectivity index (χ2v) is 7.19. The Morgan fingerprint density at radius 2 is 1.88 bits per heavy atom. The van der Waals surface area contributed by atoms with Crippen LogP contribution in [0.4, 0.5) is 4.79 Å². The highest BCUT2D eigenvalue weighted by atomic mass is 32.2. The van der Waals surface area contributed by atoms with Gasteiger partial charge in [0, 0.05) is 31.7 Å². The van der Waals surface area contributed by atoms with Gasteiger partial charge in [-0.2, -0.15) is 0 Å². The molecular weight excluding hydrogens is 354 g/mol. The third-order valence-electron chi connectivity index (χ3n) is 4.45. The highest BCUT2D eigenvalue weighted by Gasteiger charge is 2.37. The number of methoxy groups -OCH3 is 1. The van der Waals surface area contributed by atoms with Crippen molar-refractivity contribution in [3.05, 3.63) is 34.7 Å². The summed E-state index contributed by atoms with van der Waals surface area (Å²) in [6.07, 6.45) is 1.63. The molecule has 0 aromatic heterocycles. The summed E-state index contributed by atoms with van der Waals surface area (Å²) in [6.45, 7) is 2.60. The lowest BCUT2D eigenvalue weighted by atomic mass is 10.2. The van der Waals surface area contributed by atoms with Gasteiger partial charge in [0.05, 0.1) is 12.0 Å². The van der Waals surface area contributed by atoms with Crippen LogP contribution in [0.5, 0.6) is 5.75 Å². The topological polar surface area (TPSA) is 70.2 Å². The lowest BCUT2D eigenvalue weighted by Gasteiger charge is -2.33. The van der Waals surface area contributed by atoms with Crippen molar-refractivity contribution in [2.45, 2.75) is 0 Å². The Bertz CT molecular complexity index is 757. The number of ether oxygens (including phenoxy) is 1. The molecule has 138 valence electrons. The largest absolute Gasteiger partial charge is 0.496 e. The molecule has 26 heavy (non-hydrogen) atoms. The number of para-hydroxylation sites is 1. The molecule has 2 aliphatic rings. The molecule has 7 nitrogen and oxygen atoms in total. The smallest absolute Gasteiger partial charge is 0.294 e. The van der Waals surface area contributed by atoms with Crippen molar-refractivity contribution in [2.75, 3.05) is 46.9 Å². The summed E-state index contributed by atoms with van der Waals surface area (Å²) in [6, 6.07) is 7.25. The van der Waals surface area contributed by atoms with Crippen LogP contribution in [-0.4, -0.2) is 78.6 Å². The molecule has 0 atom stereocenters. The number of likely N-dealkylation sites (N-methyl/N-ethyl adjacent to an activating group) is 1. The summed E-state index contributed by atoms with van der Waals surface area (Å²) in [7, 11) is 3.55. The maximum Gasteiger partial charge on any atom is 0.294 e. The van der Waals surface area contributed by atoms with E-state index in [1.54, 1.807) is 24.2 Å². The molecule has 3 rings (SSSR count). The van der Waals surface area contributed by atoms with Crippen molar-refractivity contribution in [1.82, 2.24) is 14.7 Å². The summed E-state index contributed by atoms with van der Waals surface area (Å²) >= 11 is 0.849. The monoisotopic (exact) mass is 375 g/mol. The van der Waals surface area contributed by atoms with Crippen LogP contribution < -0.4 is 4.74 Å². The van der Waals surface area contributed by atoms with E-state index in [2.05, 4.69) is 4.90 Å². The summed E-state index contributed by atoms with van der Waals surface area (Å²) in [5.41, 5.74) is 0.714. The molecule has 1 aromatic rings. The van der Waals surface area contributed by atoms with Crippen LogP contribution in [0, 0.1) is 0 Å². The predicted molar refractivity (Wildman–Crippen MR) is 99.7 cm³/mol. The van der Waals surface area contributed by atoms with E-state index in [-0.39, 0.29) is 12.5 Å². The van der Waals surface area contributed by atoms with Crippen LogP contribution in [-0.2, 0) is 9.59 Å². The van der Waals surface area contributed by atoms with Crippen LogP contribution >= 0.6 is 11.8 Å². The van der Waals surface area contributed by atoms with Gasteiger partial charge in [-0.05, 0) is 31.0 Å². The molecule has 2 saturated heterocycles. The second kappa shape index (κ2) is 7.92. The first-order chi connectivity index (χ1) is 12.5. The number of carbonyl (C=O) groups is 3. The quantitative estimate of drug-likeness (QED) is 0.743. The Morgan fingerprint density at radius 1 is 1.19 bits per heavy atom. The summed E-state index contributed by atoms with van der Waals surface area (Å²) in [5.74, 6) is -0.0138. The zero-order valence-corrected chi connectivity index (χ0v) is 15.6. The molecule has 0 bridgehead atoms. The molecule has 0 spiro atoms. The third-order valence-corrected chi connectivity index (χ3v) is 5.36. The fourth-order valence-electron chi connectivity index (χ4n) is 2.85. The first-order valence-corrected chi connectivity index (χ1v) is 9.16. The van der Waals surface area contributed by atoms with Crippen molar-refractivity contribution in [3.8, 4) is 5.75 Å². The Balaban J connectivity index is 1.71. The third kappa shape index (κ3) is 3.91. The molecule has 1 aromatic carbocycles. The van der Waals surface area contributed by atoms with E-state index in [9.17, 15) is 14.4 Å². The standard InChI is InChI=1S/C18H21N3O4S/c1-19-7-9-20(10-8-19)16(22)12-21-17(23)15(26-18(21)24)11-13-5-3-4-6-14(13)25-2/h3-6,11H,7-10,12H2,1-2H3/b15-11+. The fraction of sp³-hybridized carbons (Fsp3) is 0.389. The zero-order chi connectivity index (χ0) is 18.7. The molecule has 0 unspecified atom stereocenters. The number of piperazine rings is 1. The lowest BCUT2D eigenvalue weighted by molar-refractivity contribution is -0.137. The Hall–Kier alpha value is -2.32. The number of hydrogen-bond donors (Lipinski definition) is 0. The number of hydrogen-bond acceptors (Lipinski definition) is 6.